The van der Waals surface area contributed by atoms with Gasteiger partial charge in [-0.05, 0) is 23.8 Å². The first-order chi connectivity index (χ1) is 13.0. The molecule has 2 aromatic rings. The number of non-ortho nitro benzene ring substituents is 1. The molecule has 8 heteroatoms. The molecule has 0 saturated carbocycles. The van der Waals surface area contributed by atoms with Crippen LogP contribution in [-0.4, -0.2) is 40.8 Å². The Hall–Kier alpha value is -3.81. The SMILES string of the molecule is O=C(/C=C/c1cccc([N+](=O)[O-])c1)OCCN1C(=O)c2ccccc2C1=O. The normalized spacial score (nSPS) is 13.1. The van der Waals surface area contributed by atoms with Crippen LogP contribution in [0, 0.1) is 10.1 Å². The van der Waals surface area contributed by atoms with Crippen molar-refractivity contribution in [2.24, 2.45) is 0 Å². The van der Waals surface area contributed by atoms with Gasteiger partial charge in [0.05, 0.1) is 22.6 Å². The van der Waals surface area contributed by atoms with E-state index in [2.05, 4.69) is 0 Å². The van der Waals surface area contributed by atoms with E-state index in [0.29, 0.717) is 16.7 Å². The molecule has 1 aliphatic rings. The summed E-state index contributed by atoms with van der Waals surface area (Å²) in [5.41, 5.74) is 1.05. The van der Waals surface area contributed by atoms with E-state index in [0.717, 1.165) is 11.0 Å². The third-order valence-corrected chi connectivity index (χ3v) is 3.93. The minimum Gasteiger partial charge on any atom is -0.461 e. The fourth-order valence-electron chi connectivity index (χ4n) is 2.63. The van der Waals surface area contributed by atoms with E-state index in [4.69, 9.17) is 4.74 Å². The number of imide groups is 1. The number of esters is 1. The van der Waals surface area contributed by atoms with Gasteiger partial charge in [0, 0.05) is 18.2 Å². The number of nitro benzene ring substituents is 1. The second kappa shape index (κ2) is 7.61. The minimum atomic E-state index is -0.682. The smallest absolute Gasteiger partial charge is 0.330 e. The highest BCUT2D eigenvalue weighted by molar-refractivity contribution is 6.21. The molecule has 27 heavy (non-hydrogen) atoms. The molecule has 0 spiro atoms. The number of carbonyl (C=O) groups excluding carboxylic acids is 3. The van der Waals surface area contributed by atoms with Gasteiger partial charge in [-0.3, -0.25) is 24.6 Å². The zero-order valence-electron chi connectivity index (χ0n) is 14.0. The van der Waals surface area contributed by atoms with Crippen molar-refractivity contribution in [3.05, 3.63) is 81.4 Å². The summed E-state index contributed by atoms with van der Waals surface area (Å²) < 4.78 is 4.99. The number of hydrogen-bond donors (Lipinski definition) is 0. The summed E-state index contributed by atoms with van der Waals surface area (Å²) in [6.45, 7) is -0.202. The highest BCUT2D eigenvalue weighted by Gasteiger charge is 2.34. The first-order valence-electron chi connectivity index (χ1n) is 8.02. The molecule has 0 fully saturated rings. The molecule has 2 aromatic carbocycles. The number of rotatable bonds is 6. The number of carbonyl (C=O) groups is 3. The average Bonchev–Trinajstić information content (AvgIpc) is 2.92. The first-order valence-corrected chi connectivity index (χ1v) is 8.02. The van der Waals surface area contributed by atoms with Crippen LogP contribution in [0.4, 0.5) is 5.69 Å². The lowest BCUT2D eigenvalue weighted by Crippen LogP contribution is -2.33. The number of amides is 2. The molecule has 0 unspecified atom stereocenters. The van der Waals surface area contributed by atoms with Crippen LogP contribution in [0.1, 0.15) is 26.3 Å². The van der Waals surface area contributed by atoms with E-state index < -0.39 is 22.7 Å². The van der Waals surface area contributed by atoms with Crippen molar-refractivity contribution in [1.29, 1.82) is 0 Å². The molecule has 0 aliphatic carbocycles. The second-order valence-electron chi connectivity index (χ2n) is 5.66. The number of nitro groups is 1. The van der Waals surface area contributed by atoms with Gasteiger partial charge >= 0.3 is 5.97 Å². The predicted molar refractivity (Wildman–Crippen MR) is 94.9 cm³/mol. The van der Waals surface area contributed by atoms with Crippen molar-refractivity contribution >= 4 is 29.5 Å². The van der Waals surface area contributed by atoms with E-state index in [1.54, 1.807) is 30.3 Å². The van der Waals surface area contributed by atoms with Gasteiger partial charge in [-0.25, -0.2) is 4.79 Å². The molecule has 1 heterocycles. The van der Waals surface area contributed by atoms with E-state index in [1.807, 2.05) is 0 Å². The monoisotopic (exact) mass is 366 g/mol. The predicted octanol–water partition coefficient (Wildman–Crippen LogP) is 2.45. The summed E-state index contributed by atoms with van der Waals surface area (Å²) in [5.74, 6) is -1.52. The van der Waals surface area contributed by atoms with E-state index in [1.165, 1.54) is 24.3 Å². The van der Waals surface area contributed by atoms with E-state index in [-0.39, 0.29) is 18.8 Å². The van der Waals surface area contributed by atoms with Crippen molar-refractivity contribution in [2.75, 3.05) is 13.2 Å². The molecule has 0 aromatic heterocycles. The Labute approximate surface area is 153 Å². The summed E-state index contributed by atoms with van der Waals surface area (Å²) in [4.78, 5) is 47.3. The van der Waals surface area contributed by atoms with Gasteiger partial charge in [0.25, 0.3) is 17.5 Å². The fraction of sp³-hybridized carbons (Fsp3) is 0.105. The number of nitrogens with zero attached hydrogens (tertiary/aromatic N) is 2. The van der Waals surface area contributed by atoms with Gasteiger partial charge in [-0.2, -0.15) is 0 Å². The quantitative estimate of drug-likeness (QED) is 0.255. The van der Waals surface area contributed by atoms with Crippen LogP contribution in [0.3, 0.4) is 0 Å². The number of fused-ring (bicyclic) bond motifs is 1. The van der Waals surface area contributed by atoms with Crippen LogP contribution in [0.15, 0.2) is 54.6 Å². The Balaban J connectivity index is 1.53. The van der Waals surface area contributed by atoms with Gasteiger partial charge in [0.15, 0.2) is 0 Å². The molecule has 0 saturated heterocycles. The Morgan fingerprint density at radius 2 is 1.74 bits per heavy atom. The number of benzene rings is 2. The van der Waals surface area contributed by atoms with Crippen LogP contribution in [0.5, 0.6) is 0 Å². The Kier molecular flexibility index (Phi) is 5.07. The third-order valence-electron chi connectivity index (χ3n) is 3.93. The molecule has 1 aliphatic heterocycles. The first kappa shape index (κ1) is 18.0. The molecular formula is C19H14N2O6. The molecule has 0 radical (unpaired) electrons. The molecular weight excluding hydrogens is 352 g/mol. The Morgan fingerprint density at radius 3 is 2.37 bits per heavy atom. The molecule has 2 amide bonds. The molecule has 136 valence electrons. The van der Waals surface area contributed by atoms with Gasteiger partial charge in [-0.1, -0.05) is 24.3 Å². The van der Waals surface area contributed by atoms with Gasteiger partial charge in [0.1, 0.15) is 6.61 Å². The standard InChI is InChI=1S/C19H14N2O6/c22-17(9-8-13-4-3-5-14(12-13)21(25)26)27-11-10-20-18(23)15-6-1-2-7-16(15)19(20)24/h1-9,12H,10-11H2/b9-8+. The van der Waals surface area contributed by atoms with Crippen molar-refractivity contribution < 1.29 is 24.0 Å². The van der Waals surface area contributed by atoms with Crippen molar-refractivity contribution in [3.8, 4) is 0 Å². The molecule has 0 atom stereocenters. The van der Waals surface area contributed by atoms with Crippen molar-refractivity contribution in [1.82, 2.24) is 4.90 Å². The van der Waals surface area contributed by atoms with Crippen molar-refractivity contribution in [3.63, 3.8) is 0 Å². The lowest BCUT2D eigenvalue weighted by molar-refractivity contribution is -0.384. The van der Waals surface area contributed by atoms with Crippen LogP contribution >= 0.6 is 0 Å². The summed E-state index contributed by atoms with van der Waals surface area (Å²) >= 11 is 0. The topological polar surface area (TPSA) is 107 Å². The van der Waals surface area contributed by atoms with Crippen LogP contribution < -0.4 is 0 Å². The lowest BCUT2D eigenvalue weighted by atomic mass is 10.1. The zero-order chi connectivity index (χ0) is 19.4. The average molecular weight is 366 g/mol. The molecule has 3 rings (SSSR count). The maximum absolute atomic E-state index is 12.2. The largest absolute Gasteiger partial charge is 0.461 e. The minimum absolute atomic E-state index is 0.0528. The lowest BCUT2D eigenvalue weighted by Gasteiger charge is -2.13. The van der Waals surface area contributed by atoms with E-state index in [9.17, 15) is 24.5 Å². The maximum atomic E-state index is 12.2. The van der Waals surface area contributed by atoms with Gasteiger partial charge in [-0.15, -0.1) is 0 Å². The van der Waals surface area contributed by atoms with Gasteiger partial charge < -0.3 is 4.74 Å². The van der Waals surface area contributed by atoms with Crippen LogP contribution in [0.25, 0.3) is 6.08 Å². The molecule has 8 nitrogen and oxygen atoms in total. The fourth-order valence-corrected chi connectivity index (χ4v) is 2.63. The second-order valence-corrected chi connectivity index (χ2v) is 5.66. The summed E-state index contributed by atoms with van der Waals surface area (Å²) in [5, 5.41) is 10.7. The van der Waals surface area contributed by atoms with Crippen molar-refractivity contribution in [2.45, 2.75) is 0 Å². The molecule has 0 bridgehead atoms. The highest BCUT2D eigenvalue weighted by atomic mass is 16.6. The van der Waals surface area contributed by atoms with Gasteiger partial charge in [0.2, 0.25) is 0 Å². The zero-order valence-corrected chi connectivity index (χ0v) is 14.0. The Morgan fingerprint density at radius 1 is 1.07 bits per heavy atom. The van der Waals surface area contributed by atoms with Crippen LogP contribution in [-0.2, 0) is 9.53 Å². The third kappa shape index (κ3) is 3.90. The summed E-state index contributed by atoms with van der Waals surface area (Å²) in [6.07, 6.45) is 2.51. The molecule has 0 N–H and O–H groups in total. The number of hydrogen-bond acceptors (Lipinski definition) is 6. The number of ether oxygens (including phenoxy) is 1. The van der Waals surface area contributed by atoms with Crippen LogP contribution in [0.2, 0.25) is 0 Å². The summed E-state index contributed by atoms with van der Waals surface area (Å²) in [7, 11) is 0. The maximum Gasteiger partial charge on any atom is 0.330 e. The summed E-state index contributed by atoms with van der Waals surface area (Å²) in [6, 6.07) is 12.3. The Bertz CT molecular complexity index is 931. The van der Waals surface area contributed by atoms with E-state index >= 15 is 0 Å². The highest BCUT2D eigenvalue weighted by Crippen LogP contribution is 2.22.